The fourth-order valence-corrected chi connectivity index (χ4v) is 2.61. The topological polar surface area (TPSA) is 55.5 Å². The lowest BCUT2D eigenvalue weighted by Gasteiger charge is -2.21. The van der Waals surface area contributed by atoms with Gasteiger partial charge in [0.1, 0.15) is 17.2 Å². The Bertz CT molecular complexity index is 722. The molecule has 5 nitrogen and oxygen atoms in total. The van der Waals surface area contributed by atoms with Crippen LogP contribution in [-0.4, -0.2) is 27.2 Å². The number of hydrogen-bond acceptors (Lipinski definition) is 3. The summed E-state index contributed by atoms with van der Waals surface area (Å²) in [5, 5.41) is 0. The van der Waals surface area contributed by atoms with Gasteiger partial charge in [-0.05, 0) is 44.9 Å². The van der Waals surface area contributed by atoms with Gasteiger partial charge in [-0.15, -0.1) is 0 Å². The monoisotopic (exact) mass is 300 g/mol. The summed E-state index contributed by atoms with van der Waals surface area (Å²) in [6.07, 6.45) is 3.75. The van der Waals surface area contributed by atoms with Crippen molar-refractivity contribution in [2.24, 2.45) is 7.05 Å². The van der Waals surface area contributed by atoms with Crippen LogP contribution in [0.2, 0.25) is 0 Å². The van der Waals surface area contributed by atoms with Crippen molar-refractivity contribution in [1.82, 2.24) is 9.47 Å². The highest BCUT2D eigenvalue weighted by atomic mass is 16.3. The third kappa shape index (κ3) is 2.84. The van der Waals surface area contributed by atoms with Gasteiger partial charge in [-0.25, -0.2) is 0 Å². The zero-order valence-electron chi connectivity index (χ0n) is 13.1. The number of nitrogens with zero attached hydrogens (tertiary/aromatic N) is 2. The van der Waals surface area contributed by atoms with Crippen LogP contribution in [0.4, 0.5) is 0 Å². The van der Waals surface area contributed by atoms with Crippen LogP contribution in [0.1, 0.15) is 52.1 Å². The van der Waals surface area contributed by atoms with Crippen LogP contribution in [0, 0.1) is 6.92 Å². The van der Waals surface area contributed by atoms with E-state index in [1.807, 2.05) is 24.0 Å². The molecule has 0 aromatic carbocycles. The number of carbonyl (C=O) groups excluding carboxylic acids is 2. The molecule has 5 heteroatoms. The molecule has 0 N–H and O–H groups in total. The summed E-state index contributed by atoms with van der Waals surface area (Å²) in [6, 6.07) is 5.76. The maximum absolute atomic E-state index is 12.8. The molecular weight excluding hydrogens is 280 g/mol. The molecule has 2 aromatic rings. The molecule has 0 spiro atoms. The second-order valence-corrected chi connectivity index (χ2v) is 5.96. The molecule has 1 aliphatic rings. The quantitative estimate of drug-likeness (QED) is 0.798. The molecule has 22 heavy (non-hydrogen) atoms. The van der Waals surface area contributed by atoms with Gasteiger partial charge in [0.15, 0.2) is 5.78 Å². The first kappa shape index (κ1) is 14.6. The molecule has 0 atom stereocenters. The van der Waals surface area contributed by atoms with E-state index in [2.05, 4.69) is 0 Å². The zero-order valence-corrected chi connectivity index (χ0v) is 13.1. The molecule has 1 aliphatic carbocycles. The van der Waals surface area contributed by atoms with Gasteiger partial charge >= 0.3 is 0 Å². The number of ketones is 1. The normalized spacial score (nSPS) is 14.1. The van der Waals surface area contributed by atoms with Gasteiger partial charge in [-0.2, -0.15) is 0 Å². The predicted octanol–water partition coefficient (Wildman–Crippen LogP) is 2.93. The first-order valence-electron chi connectivity index (χ1n) is 7.49. The van der Waals surface area contributed by atoms with Crippen LogP contribution in [-0.2, 0) is 13.6 Å². The molecular formula is C17H20N2O3. The van der Waals surface area contributed by atoms with E-state index in [4.69, 9.17) is 4.42 Å². The lowest BCUT2D eigenvalue weighted by atomic mass is 10.2. The number of amides is 1. The average Bonchev–Trinajstić information content (AvgIpc) is 3.10. The third-order valence-electron chi connectivity index (χ3n) is 4.00. The SMILES string of the molecule is CC(=O)c1cc(C(=O)N(Cc2ccc(C)o2)C2CC2)n(C)c1. The van der Waals surface area contributed by atoms with E-state index < -0.39 is 0 Å². The number of furan rings is 1. The van der Waals surface area contributed by atoms with Crippen molar-refractivity contribution in [1.29, 1.82) is 0 Å². The minimum absolute atomic E-state index is 0.0331. The number of hydrogen-bond donors (Lipinski definition) is 0. The Balaban J connectivity index is 1.85. The van der Waals surface area contributed by atoms with E-state index in [0.29, 0.717) is 17.8 Å². The van der Waals surface area contributed by atoms with Crippen LogP contribution in [0.15, 0.2) is 28.8 Å². The summed E-state index contributed by atoms with van der Waals surface area (Å²) in [5.41, 5.74) is 1.11. The van der Waals surface area contributed by atoms with Gasteiger partial charge in [-0.3, -0.25) is 9.59 Å². The first-order chi connectivity index (χ1) is 10.5. The van der Waals surface area contributed by atoms with Crippen molar-refractivity contribution in [3.63, 3.8) is 0 Å². The highest BCUT2D eigenvalue weighted by Gasteiger charge is 2.34. The van der Waals surface area contributed by atoms with Crippen molar-refractivity contribution in [3.05, 3.63) is 47.2 Å². The van der Waals surface area contributed by atoms with E-state index in [1.165, 1.54) is 6.92 Å². The molecule has 116 valence electrons. The summed E-state index contributed by atoms with van der Waals surface area (Å²) in [5.74, 6) is 1.55. The lowest BCUT2D eigenvalue weighted by Crippen LogP contribution is -2.33. The number of Topliss-reactive ketones (excluding diaryl/α,β-unsaturated/α-hetero) is 1. The molecule has 1 amide bonds. The Morgan fingerprint density at radius 1 is 1.36 bits per heavy atom. The van der Waals surface area contributed by atoms with Crippen molar-refractivity contribution in [2.45, 2.75) is 39.3 Å². The predicted molar refractivity (Wildman–Crippen MR) is 81.8 cm³/mol. The van der Waals surface area contributed by atoms with Crippen LogP contribution in [0.25, 0.3) is 0 Å². The summed E-state index contributed by atoms with van der Waals surface area (Å²) in [4.78, 5) is 26.2. The Kier molecular flexibility index (Phi) is 3.64. The van der Waals surface area contributed by atoms with Gasteiger partial charge in [0.05, 0.1) is 6.54 Å². The van der Waals surface area contributed by atoms with Crippen LogP contribution >= 0.6 is 0 Å². The summed E-state index contributed by atoms with van der Waals surface area (Å²) in [7, 11) is 1.79. The van der Waals surface area contributed by atoms with Gasteiger partial charge in [0, 0.05) is 24.8 Å². The number of rotatable bonds is 5. The van der Waals surface area contributed by atoms with Crippen LogP contribution in [0.3, 0.4) is 0 Å². The summed E-state index contributed by atoms with van der Waals surface area (Å²) in [6.45, 7) is 3.87. The molecule has 1 fully saturated rings. The molecule has 0 bridgehead atoms. The van der Waals surface area contributed by atoms with E-state index in [-0.39, 0.29) is 17.7 Å². The number of aromatic nitrogens is 1. The van der Waals surface area contributed by atoms with Crippen molar-refractivity contribution in [3.8, 4) is 0 Å². The molecule has 0 radical (unpaired) electrons. The highest BCUT2D eigenvalue weighted by Crippen LogP contribution is 2.30. The van der Waals surface area contributed by atoms with Gasteiger partial charge in [0.25, 0.3) is 5.91 Å². The maximum Gasteiger partial charge on any atom is 0.271 e. The second-order valence-electron chi connectivity index (χ2n) is 5.96. The zero-order chi connectivity index (χ0) is 15.9. The van der Waals surface area contributed by atoms with Gasteiger partial charge in [-0.1, -0.05) is 0 Å². The van der Waals surface area contributed by atoms with Crippen molar-refractivity contribution >= 4 is 11.7 Å². The maximum atomic E-state index is 12.8. The van der Waals surface area contributed by atoms with E-state index in [0.717, 1.165) is 24.4 Å². The third-order valence-corrected chi connectivity index (χ3v) is 4.00. The Labute approximate surface area is 129 Å². The molecule has 2 aromatic heterocycles. The standard InChI is InChI=1S/C17H20N2O3/c1-11-4-7-15(22-11)10-19(14-5-6-14)17(21)16-8-13(12(2)20)9-18(16)3/h4,7-9,14H,5-6,10H2,1-3H3. The molecule has 2 heterocycles. The summed E-state index contributed by atoms with van der Waals surface area (Å²) >= 11 is 0. The Morgan fingerprint density at radius 2 is 2.09 bits per heavy atom. The molecule has 0 unspecified atom stereocenters. The molecule has 3 rings (SSSR count). The van der Waals surface area contributed by atoms with Gasteiger partial charge < -0.3 is 13.9 Å². The molecule has 0 aliphatic heterocycles. The van der Waals surface area contributed by atoms with E-state index in [9.17, 15) is 9.59 Å². The number of carbonyl (C=O) groups is 2. The van der Waals surface area contributed by atoms with Crippen LogP contribution in [0.5, 0.6) is 0 Å². The average molecular weight is 300 g/mol. The fraction of sp³-hybridized carbons (Fsp3) is 0.412. The highest BCUT2D eigenvalue weighted by molar-refractivity contribution is 5.99. The smallest absolute Gasteiger partial charge is 0.271 e. The fourth-order valence-electron chi connectivity index (χ4n) is 2.61. The Morgan fingerprint density at radius 3 is 2.59 bits per heavy atom. The second kappa shape index (κ2) is 5.48. The molecule has 0 saturated heterocycles. The minimum Gasteiger partial charge on any atom is -0.464 e. The molecule has 1 saturated carbocycles. The largest absolute Gasteiger partial charge is 0.464 e. The minimum atomic E-state index is -0.0495. The number of aryl methyl sites for hydroxylation is 2. The first-order valence-corrected chi connectivity index (χ1v) is 7.49. The van der Waals surface area contributed by atoms with Crippen molar-refractivity contribution in [2.75, 3.05) is 0 Å². The van der Waals surface area contributed by atoms with Crippen molar-refractivity contribution < 1.29 is 14.0 Å². The van der Waals surface area contributed by atoms with E-state index in [1.54, 1.807) is 23.9 Å². The van der Waals surface area contributed by atoms with Gasteiger partial charge in [0.2, 0.25) is 0 Å². The lowest BCUT2D eigenvalue weighted by molar-refractivity contribution is 0.0707. The summed E-state index contributed by atoms with van der Waals surface area (Å²) < 4.78 is 7.32. The van der Waals surface area contributed by atoms with Crippen LogP contribution < -0.4 is 0 Å². The van der Waals surface area contributed by atoms with E-state index >= 15 is 0 Å². The Hall–Kier alpha value is -2.30.